The van der Waals surface area contributed by atoms with Crippen LogP contribution in [0.5, 0.6) is 5.75 Å². The molecule has 0 aromatic heterocycles. The van der Waals surface area contributed by atoms with Gasteiger partial charge in [0.25, 0.3) is 0 Å². The second-order valence-corrected chi connectivity index (χ2v) is 3.72. The van der Waals surface area contributed by atoms with Crippen molar-refractivity contribution in [3.63, 3.8) is 0 Å². The Morgan fingerprint density at radius 2 is 2.19 bits per heavy atom. The molecule has 5 heteroatoms. The largest absolute Gasteiger partial charge is 0.475 e. The summed E-state index contributed by atoms with van der Waals surface area (Å²) in [5.74, 6) is -0.153. The second-order valence-electron chi connectivity index (χ2n) is 3.32. The fourth-order valence-corrected chi connectivity index (χ4v) is 1.67. The van der Waals surface area contributed by atoms with Gasteiger partial charge in [-0.1, -0.05) is 17.7 Å². The maximum Gasteiger partial charge on any atom is 0.429 e. The lowest BCUT2D eigenvalue weighted by atomic mass is 10.1. The maximum absolute atomic E-state index is 12.5. The third-order valence-corrected chi connectivity index (χ3v) is 2.37. The molecule has 0 fully saturated rings. The molecule has 0 aliphatic carbocycles. The Bertz CT molecular complexity index is 537. The van der Waals surface area contributed by atoms with E-state index in [-0.39, 0.29) is 21.9 Å². The first kappa shape index (κ1) is 8.01. The first-order chi connectivity index (χ1) is 8.59. The summed E-state index contributed by atoms with van der Waals surface area (Å²) in [5.41, 5.74) is 0.175. The second kappa shape index (κ2) is 3.70. The number of benzene rings is 1. The number of fused-ring (bicyclic) bond motifs is 1. The third-order valence-electron chi connectivity index (χ3n) is 2.09. The van der Waals surface area contributed by atoms with E-state index in [9.17, 15) is 13.2 Å². The predicted octanol–water partition coefficient (Wildman–Crippen LogP) is 3.98. The number of alkyl halides is 3. The highest BCUT2D eigenvalue weighted by molar-refractivity contribution is 6.32. The van der Waals surface area contributed by atoms with Gasteiger partial charge in [0.1, 0.15) is 5.75 Å². The van der Waals surface area contributed by atoms with Gasteiger partial charge < -0.3 is 4.74 Å². The van der Waals surface area contributed by atoms with E-state index in [1.165, 1.54) is 6.07 Å². The van der Waals surface area contributed by atoms with Gasteiger partial charge in [-0.3, -0.25) is 0 Å². The Balaban J connectivity index is 2.44. The number of ether oxygens (including phenoxy) is 1. The van der Waals surface area contributed by atoms with Gasteiger partial charge in [-0.15, -0.1) is 0 Å². The fraction of sp³-hybridized carbons (Fsp3) is 0.273. The summed E-state index contributed by atoms with van der Waals surface area (Å²) in [4.78, 5) is 0. The van der Waals surface area contributed by atoms with Gasteiger partial charge in [0.2, 0.25) is 6.10 Å². The van der Waals surface area contributed by atoms with Gasteiger partial charge in [0.15, 0.2) is 0 Å². The highest BCUT2D eigenvalue weighted by Crippen LogP contribution is 2.38. The molecule has 0 saturated heterocycles. The van der Waals surface area contributed by atoms with E-state index in [1.54, 1.807) is 0 Å². The number of rotatable bonds is 0. The van der Waals surface area contributed by atoms with Crippen molar-refractivity contribution in [1.29, 1.82) is 0 Å². The molecule has 1 heterocycles. The lowest BCUT2D eigenvalue weighted by Crippen LogP contribution is -2.33. The van der Waals surface area contributed by atoms with E-state index in [1.807, 2.05) is 0 Å². The third kappa shape index (κ3) is 2.02. The van der Waals surface area contributed by atoms with Crippen molar-refractivity contribution in [1.82, 2.24) is 0 Å². The first-order valence-electron chi connectivity index (χ1n) is 5.84. The summed E-state index contributed by atoms with van der Waals surface area (Å²) < 4.78 is 64.1. The number of halogens is 4. The quantitative estimate of drug-likeness (QED) is 0.678. The number of aryl methyl sites for hydroxylation is 1. The molecule has 0 amide bonds. The maximum atomic E-state index is 12.5. The molecule has 1 nitrogen and oxygen atoms in total. The van der Waals surface area contributed by atoms with E-state index in [0.29, 0.717) is 0 Å². The minimum absolute atomic E-state index is 0.0463. The summed E-state index contributed by atoms with van der Waals surface area (Å²) in [6.45, 7) is -2.38. The van der Waals surface area contributed by atoms with Crippen LogP contribution in [-0.2, 0) is 0 Å². The molecular weight excluding hydrogens is 241 g/mol. The average molecular weight is 252 g/mol. The van der Waals surface area contributed by atoms with E-state index >= 15 is 0 Å². The molecule has 1 aromatic carbocycles. The molecule has 1 atom stereocenters. The highest BCUT2D eigenvalue weighted by Gasteiger charge is 2.41. The Morgan fingerprint density at radius 1 is 1.44 bits per heavy atom. The summed E-state index contributed by atoms with van der Waals surface area (Å²) in [5, 5.41) is -0.151. The summed E-state index contributed by atoms with van der Waals surface area (Å²) in [7, 11) is 0. The van der Waals surface area contributed by atoms with Crippen molar-refractivity contribution in [2.75, 3.05) is 0 Å². The molecule has 1 aliphatic rings. The molecule has 0 spiro atoms. The zero-order valence-electron chi connectivity index (χ0n) is 10.8. The van der Waals surface area contributed by atoms with Gasteiger partial charge in [-0.05, 0) is 30.6 Å². The van der Waals surface area contributed by atoms with Crippen molar-refractivity contribution in [3.05, 3.63) is 34.4 Å². The van der Waals surface area contributed by atoms with Gasteiger partial charge >= 0.3 is 6.18 Å². The van der Waals surface area contributed by atoms with E-state index in [2.05, 4.69) is 0 Å². The van der Waals surface area contributed by atoms with Crippen molar-refractivity contribution in [2.45, 2.75) is 19.1 Å². The van der Waals surface area contributed by atoms with Gasteiger partial charge in [-0.25, -0.2) is 0 Å². The summed E-state index contributed by atoms with van der Waals surface area (Å²) >= 11 is 5.79. The zero-order valence-corrected chi connectivity index (χ0v) is 8.56. The summed E-state index contributed by atoms with van der Waals surface area (Å²) in [6.07, 6.45) is -4.63. The Morgan fingerprint density at radius 3 is 2.81 bits per heavy atom. The van der Waals surface area contributed by atoms with E-state index in [4.69, 9.17) is 20.5 Å². The first-order valence-corrected chi connectivity index (χ1v) is 4.72. The zero-order chi connectivity index (χ0) is 14.4. The van der Waals surface area contributed by atoms with Crippen LogP contribution in [0.2, 0.25) is 5.02 Å². The molecule has 1 aliphatic heterocycles. The summed E-state index contributed by atoms with van der Waals surface area (Å²) in [6, 6.07) is 2.34. The Hall–Kier alpha value is -1.16. The molecule has 1 unspecified atom stereocenters. The van der Waals surface area contributed by atoms with Crippen LogP contribution in [-0.4, -0.2) is 12.3 Å². The van der Waals surface area contributed by atoms with Crippen molar-refractivity contribution in [3.8, 4) is 5.75 Å². The molecule has 0 N–H and O–H groups in total. The Kier molecular flexibility index (Phi) is 1.85. The lowest BCUT2D eigenvalue weighted by molar-refractivity contribution is -0.180. The SMILES string of the molecule is [2H]C([2H])([2H])c1cc(Cl)c2c(c1)C=CC(C(F)(F)F)O2. The number of hydrogen-bond donors (Lipinski definition) is 0. The molecular formula is C11H8ClF3O. The van der Waals surface area contributed by atoms with Crippen LogP contribution in [0.15, 0.2) is 18.2 Å². The molecule has 2 rings (SSSR count). The predicted molar refractivity (Wildman–Crippen MR) is 55.7 cm³/mol. The standard InChI is InChI=1S/C11H8ClF3O/c1-6-4-7-2-3-9(11(13,14)15)16-10(7)8(12)5-6/h2-5,9H,1H3/i1D3. The number of hydrogen-bond acceptors (Lipinski definition) is 1. The van der Waals surface area contributed by atoms with Crippen LogP contribution in [0.4, 0.5) is 13.2 Å². The molecule has 0 saturated carbocycles. The monoisotopic (exact) mass is 251 g/mol. The molecule has 16 heavy (non-hydrogen) atoms. The van der Waals surface area contributed by atoms with Crippen LogP contribution in [0, 0.1) is 6.85 Å². The minimum Gasteiger partial charge on any atom is -0.475 e. The Labute approximate surface area is 99.7 Å². The van der Waals surface area contributed by atoms with Crippen LogP contribution < -0.4 is 4.74 Å². The van der Waals surface area contributed by atoms with Crippen molar-refractivity contribution >= 4 is 17.7 Å². The highest BCUT2D eigenvalue weighted by atomic mass is 35.5. The van der Waals surface area contributed by atoms with Crippen LogP contribution in [0.1, 0.15) is 15.2 Å². The molecule has 1 aromatic rings. The van der Waals surface area contributed by atoms with Gasteiger partial charge in [0, 0.05) is 9.68 Å². The van der Waals surface area contributed by atoms with E-state index < -0.39 is 19.1 Å². The lowest BCUT2D eigenvalue weighted by Gasteiger charge is -2.24. The van der Waals surface area contributed by atoms with E-state index in [0.717, 1.165) is 18.2 Å². The molecule has 0 bridgehead atoms. The molecule has 0 radical (unpaired) electrons. The van der Waals surface area contributed by atoms with Crippen LogP contribution >= 0.6 is 11.6 Å². The topological polar surface area (TPSA) is 9.23 Å². The fourth-order valence-electron chi connectivity index (χ4n) is 1.40. The van der Waals surface area contributed by atoms with Crippen molar-refractivity contribution in [2.24, 2.45) is 0 Å². The normalized spacial score (nSPS) is 22.8. The molecule has 86 valence electrons. The van der Waals surface area contributed by atoms with Crippen molar-refractivity contribution < 1.29 is 22.0 Å². The van der Waals surface area contributed by atoms with Gasteiger partial charge in [0.05, 0.1) is 5.02 Å². The van der Waals surface area contributed by atoms with Crippen LogP contribution in [0.25, 0.3) is 6.08 Å². The average Bonchev–Trinajstić information content (AvgIpc) is 2.26. The van der Waals surface area contributed by atoms with Crippen LogP contribution in [0.3, 0.4) is 0 Å². The smallest absolute Gasteiger partial charge is 0.429 e. The van der Waals surface area contributed by atoms with Gasteiger partial charge in [-0.2, -0.15) is 13.2 Å². The minimum atomic E-state index is -4.54.